The van der Waals surface area contributed by atoms with Crippen molar-refractivity contribution in [2.75, 3.05) is 45.8 Å². The Kier molecular flexibility index (Phi) is 6.14. The second-order valence-electron chi connectivity index (χ2n) is 8.38. The third kappa shape index (κ3) is 4.17. The Balaban J connectivity index is 1.37. The molecule has 4 rings (SSSR count). The summed E-state index contributed by atoms with van der Waals surface area (Å²) in [7, 11) is 0. The van der Waals surface area contributed by atoms with Gasteiger partial charge in [-0.05, 0) is 31.5 Å². The van der Waals surface area contributed by atoms with E-state index < -0.39 is 0 Å². The van der Waals surface area contributed by atoms with Crippen molar-refractivity contribution in [2.45, 2.75) is 44.6 Å². The zero-order valence-electron chi connectivity index (χ0n) is 17.1. The highest BCUT2D eigenvalue weighted by atomic mass is 16.3. The van der Waals surface area contributed by atoms with Crippen LogP contribution < -0.4 is 5.32 Å². The average Bonchev–Trinajstić information content (AvgIpc) is 3.19. The van der Waals surface area contributed by atoms with Crippen molar-refractivity contribution in [1.29, 1.82) is 0 Å². The monoisotopic (exact) mass is 383 g/mol. The number of carbonyl (C=O) groups excluding carboxylic acids is 1. The van der Waals surface area contributed by atoms with Gasteiger partial charge < -0.3 is 14.6 Å². The van der Waals surface area contributed by atoms with E-state index in [9.17, 15) is 4.79 Å². The Morgan fingerprint density at radius 1 is 1.11 bits per heavy atom. The van der Waals surface area contributed by atoms with Gasteiger partial charge in [-0.15, -0.1) is 0 Å². The number of Topliss-reactive ketones (excluding diaryl/α,β-unsaturated/α-hetero) is 1. The van der Waals surface area contributed by atoms with Gasteiger partial charge in [-0.2, -0.15) is 0 Å². The van der Waals surface area contributed by atoms with Gasteiger partial charge in [0.15, 0.2) is 5.76 Å². The summed E-state index contributed by atoms with van der Waals surface area (Å²) in [6, 6.07) is 9.65. The Bertz CT molecular complexity index is 753. The van der Waals surface area contributed by atoms with Crippen molar-refractivity contribution >= 4 is 16.8 Å². The molecule has 1 aromatic carbocycles. The van der Waals surface area contributed by atoms with Gasteiger partial charge in [-0.25, -0.2) is 0 Å². The van der Waals surface area contributed by atoms with E-state index in [0.717, 1.165) is 50.2 Å². The summed E-state index contributed by atoms with van der Waals surface area (Å²) in [6.45, 7) is 9.25. The zero-order valence-corrected chi connectivity index (χ0v) is 17.1. The Hall–Kier alpha value is -1.69. The quantitative estimate of drug-likeness (QED) is 0.741. The highest BCUT2D eigenvalue weighted by Crippen LogP contribution is 2.34. The van der Waals surface area contributed by atoms with Crippen LogP contribution in [0.2, 0.25) is 0 Å². The van der Waals surface area contributed by atoms with E-state index in [2.05, 4.69) is 22.0 Å². The lowest BCUT2D eigenvalue weighted by Gasteiger charge is -2.50. The molecule has 2 heterocycles. The van der Waals surface area contributed by atoms with Gasteiger partial charge in [0.25, 0.3) is 0 Å². The predicted octanol–water partition coefficient (Wildman–Crippen LogP) is 3.55. The highest BCUT2D eigenvalue weighted by Gasteiger charge is 2.38. The molecule has 0 spiro atoms. The molecule has 0 amide bonds. The lowest BCUT2D eigenvalue weighted by atomic mass is 9.79. The molecule has 1 aliphatic heterocycles. The number of fused-ring (bicyclic) bond motifs is 1. The van der Waals surface area contributed by atoms with E-state index in [1.165, 1.54) is 32.1 Å². The van der Waals surface area contributed by atoms with Crippen LogP contribution in [0, 0.1) is 0 Å². The number of piperazine rings is 1. The fourth-order valence-electron chi connectivity index (χ4n) is 4.97. The van der Waals surface area contributed by atoms with Crippen LogP contribution >= 0.6 is 0 Å². The average molecular weight is 384 g/mol. The number of rotatable bonds is 7. The maximum atomic E-state index is 12.6. The summed E-state index contributed by atoms with van der Waals surface area (Å²) in [4.78, 5) is 17.9. The highest BCUT2D eigenvalue weighted by molar-refractivity contribution is 5.98. The first-order valence-electron chi connectivity index (χ1n) is 10.9. The third-order valence-corrected chi connectivity index (χ3v) is 6.71. The van der Waals surface area contributed by atoms with E-state index in [0.29, 0.717) is 12.3 Å². The molecule has 0 atom stereocenters. The number of nitrogens with zero attached hydrogens (tertiary/aromatic N) is 2. The third-order valence-electron chi connectivity index (χ3n) is 6.71. The van der Waals surface area contributed by atoms with Crippen LogP contribution in [0.25, 0.3) is 11.0 Å². The zero-order chi connectivity index (χ0) is 19.4. The molecule has 0 bridgehead atoms. The van der Waals surface area contributed by atoms with Crippen molar-refractivity contribution in [1.82, 2.24) is 15.1 Å². The van der Waals surface area contributed by atoms with Crippen LogP contribution in [0.4, 0.5) is 0 Å². The summed E-state index contributed by atoms with van der Waals surface area (Å²) in [5.74, 6) is 0.501. The SMILES string of the molecule is CCN1CCN(C2(CNCC(=O)c3cc4ccccc4o3)CCCCC2)CC1. The number of nitrogens with one attached hydrogen (secondary N) is 1. The largest absolute Gasteiger partial charge is 0.453 e. The maximum absolute atomic E-state index is 12.6. The van der Waals surface area contributed by atoms with Crippen LogP contribution in [-0.2, 0) is 0 Å². The molecule has 0 radical (unpaired) electrons. The molecule has 5 heteroatoms. The number of carbonyl (C=O) groups is 1. The van der Waals surface area contributed by atoms with E-state index in [4.69, 9.17) is 4.42 Å². The van der Waals surface area contributed by atoms with E-state index in [-0.39, 0.29) is 11.3 Å². The van der Waals surface area contributed by atoms with E-state index >= 15 is 0 Å². The number of ketones is 1. The Labute approximate surface area is 168 Å². The summed E-state index contributed by atoms with van der Waals surface area (Å²) in [5, 5.41) is 4.49. The van der Waals surface area contributed by atoms with Crippen molar-refractivity contribution in [3.63, 3.8) is 0 Å². The second kappa shape index (κ2) is 8.76. The summed E-state index contributed by atoms with van der Waals surface area (Å²) in [6.07, 6.45) is 6.42. The summed E-state index contributed by atoms with van der Waals surface area (Å²) < 4.78 is 5.73. The lowest BCUT2D eigenvalue weighted by Crippen LogP contribution is -2.61. The second-order valence-corrected chi connectivity index (χ2v) is 8.38. The molecule has 2 aliphatic rings. The maximum Gasteiger partial charge on any atom is 0.211 e. The first kappa shape index (κ1) is 19.6. The fraction of sp³-hybridized carbons (Fsp3) is 0.609. The summed E-state index contributed by atoms with van der Waals surface area (Å²) >= 11 is 0. The molecule has 1 aliphatic carbocycles. The topological polar surface area (TPSA) is 48.7 Å². The molecule has 2 fully saturated rings. The molecule has 0 unspecified atom stereocenters. The molecule has 1 saturated heterocycles. The van der Waals surface area contributed by atoms with Gasteiger partial charge in [-0.1, -0.05) is 44.4 Å². The number of hydrogen-bond acceptors (Lipinski definition) is 5. The number of benzene rings is 1. The molecule has 1 N–H and O–H groups in total. The normalized spacial score (nSPS) is 21.2. The molecule has 5 nitrogen and oxygen atoms in total. The van der Waals surface area contributed by atoms with Gasteiger partial charge in [-0.3, -0.25) is 9.69 Å². The van der Waals surface area contributed by atoms with E-state index in [1.807, 2.05) is 30.3 Å². The van der Waals surface area contributed by atoms with Gasteiger partial charge in [0, 0.05) is 43.6 Å². The first-order valence-corrected chi connectivity index (χ1v) is 10.9. The minimum absolute atomic E-state index is 0.0398. The minimum atomic E-state index is 0.0398. The van der Waals surface area contributed by atoms with Gasteiger partial charge in [0.05, 0.1) is 6.54 Å². The molecule has 1 aromatic heterocycles. The number of para-hydroxylation sites is 1. The van der Waals surface area contributed by atoms with Gasteiger partial charge >= 0.3 is 0 Å². The summed E-state index contributed by atoms with van der Waals surface area (Å²) in [5.41, 5.74) is 0.995. The molecular formula is C23H33N3O2. The van der Waals surface area contributed by atoms with Crippen LogP contribution in [0.3, 0.4) is 0 Å². The Morgan fingerprint density at radius 3 is 2.57 bits per heavy atom. The van der Waals surface area contributed by atoms with Crippen molar-refractivity contribution in [3.05, 3.63) is 36.1 Å². The van der Waals surface area contributed by atoms with Crippen molar-refractivity contribution in [3.8, 4) is 0 Å². The minimum Gasteiger partial charge on any atom is -0.453 e. The van der Waals surface area contributed by atoms with Crippen LogP contribution in [0.5, 0.6) is 0 Å². The Morgan fingerprint density at radius 2 is 1.86 bits per heavy atom. The van der Waals surface area contributed by atoms with Crippen LogP contribution in [-0.4, -0.2) is 66.9 Å². The molecule has 28 heavy (non-hydrogen) atoms. The van der Waals surface area contributed by atoms with E-state index in [1.54, 1.807) is 0 Å². The smallest absolute Gasteiger partial charge is 0.211 e. The van der Waals surface area contributed by atoms with Gasteiger partial charge in [0.1, 0.15) is 5.58 Å². The lowest BCUT2D eigenvalue weighted by molar-refractivity contribution is 0.00926. The van der Waals surface area contributed by atoms with Crippen LogP contribution in [0.1, 0.15) is 49.6 Å². The van der Waals surface area contributed by atoms with Crippen molar-refractivity contribution in [2.24, 2.45) is 0 Å². The molecular weight excluding hydrogens is 350 g/mol. The molecule has 152 valence electrons. The van der Waals surface area contributed by atoms with Crippen LogP contribution in [0.15, 0.2) is 34.7 Å². The fourth-order valence-corrected chi connectivity index (χ4v) is 4.97. The number of hydrogen-bond donors (Lipinski definition) is 1. The molecule has 1 saturated carbocycles. The first-order chi connectivity index (χ1) is 13.7. The standard InChI is InChI=1S/C23H33N3O2/c1-2-25-12-14-26(15-13-25)23(10-6-3-7-11-23)18-24-17-20(27)22-16-19-8-4-5-9-21(19)28-22/h4-5,8-9,16,24H,2-3,6-7,10-15,17-18H2,1H3. The predicted molar refractivity (Wildman–Crippen MR) is 113 cm³/mol. The number of likely N-dealkylation sites (N-methyl/N-ethyl adjacent to an activating group) is 1. The van der Waals surface area contributed by atoms with Gasteiger partial charge in [0.2, 0.25) is 5.78 Å². The number of furan rings is 1. The molecule has 2 aromatic rings. The van der Waals surface area contributed by atoms with Crippen molar-refractivity contribution < 1.29 is 9.21 Å².